The molecule has 1 unspecified atom stereocenters. The van der Waals surface area contributed by atoms with Crippen molar-refractivity contribution in [3.63, 3.8) is 0 Å². The lowest BCUT2D eigenvalue weighted by Crippen LogP contribution is -2.16. The molecule has 0 aliphatic heterocycles. The van der Waals surface area contributed by atoms with Gasteiger partial charge in [0.1, 0.15) is 5.82 Å². The molecule has 0 fully saturated rings. The van der Waals surface area contributed by atoms with Crippen LogP contribution in [0.15, 0.2) is 12.3 Å². The third kappa shape index (κ3) is 8.71. The standard InChI is InChI=1S/C9H17N3O.C3H8O/c1-3-5-10-9-4-6-11-12(9)7-8(2)13;1-3(2)4/h4,6,8,10,13H,3,5,7H2,1-2H3;3-4H,1-2H3. The van der Waals surface area contributed by atoms with Gasteiger partial charge in [0.15, 0.2) is 0 Å². The van der Waals surface area contributed by atoms with Crippen LogP contribution in [0.4, 0.5) is 5.82 Å². The van der Waals surface area contributed by atoms with E-state index in [0.717, 1.165) is 18.8 Å². The van der Waals surface area contributed by atoms with Crippen molar-refractivity contribution in [2.45, 2.75) is 52.9 Å². The second-order valence-corrected chi connectivity index (χ2v) is 4.27. The number of rotatable bonds is 5. The minimum absolute atomic E-state index is 0.167. The van der Waals surface area contributed by atoms with Crippen LogP contribution in [0, 0.1) is 0 Å². The van der Waals surface area contributed by atoms with E-state index in [2.05, 4.69) is 17.3 Å². The monoisotopic (exact) mass is 243 g/mol. The van der Waals surface area contributed by atoms with E-state index in [4.69, 9.17) is 5.11 Å². The molecular formula is C12H25N3O2. The van der Waals surface area contributed by atoms with Gasteiger partial charge in [0, 0.05) is 18.7 Å². The van der Waals surface area contributed by atoms with E-state index < -0.39 is 0 Å². The fourth-order valence-corrected chi connectivity index (χ4v) is 1.13. The van der Waals surface area contributed by atoms with Crippen molar-refractivity contribution in [3.8, 4) is 0 Å². The number of aromatic nitrogens is 2. The van der Waals surface area contributed by atoms with Crippen LogP contribution in [0.3, 0.4) is 0 Å². The van der Waals surface area contributed by atoms with Crippen LogP contribution in [0.25, 0.3) is 0 Å². The van der Waals surface area contributed by atoms with Gasteiger partial charge < -0.3 is 15.5 Å². The Bertz CT molecular complexity index is 282. The molecule has 0 spiro atoms. The number of nitrogens with zero attached hydrogens (tertiary/aromatic N) is 2. The lowest BCUT2D eigenvalue weighted by atomic mass is 10.4. The van der Waals surface area contributed by atoms with Crippen molar-refractivity contribution in [2.24, 2.45) is 0 Å². The molecule has 0 aromatic carbocycles. The van der Waals surface area contributed by atoms with Crippen molar-refractivity contribution < 1.29 is 10.2 Å². The Hall–Kier alpha value is -1.07. The Morgan fingerprint density at radius 1 is 1.35 bits per heavy atom. The maximum absolute atomic E-state index is 9.19. The van der Waals surface area contributed by atoms with Crippen LogP contribution in [-0.4, -0.2) is 38.7 Å². The molecule has 3 N–H and O–H groups in total. The molecular weight excluding hydrogens is 218 g/mol. The van der Waals surface area contributed by atoms with Gasteiger partial charge in [-0.25, -0.2) is 4.68 Å². The summed E-state index contributed by atoms with van der Waals surface area (Å²) in [6.45, 7) is 8.79. The molecule has 1 rings (SSSR count). The molecule has 0 bridgehead atoms. The van der Waals surface area contributed by atoms with Crippen LogP contribution in [0.5, 0.6) is 0 Å². The summed E-state index contributed by atoms with van der Waals surface area (Å²) in [7, 11) is 0. The van der Waals surface area contributed by atoms with E-state index >= 15 is 0 Å². The molecule has 1 heterocycles. The molecule has 1 aromatic rings. The minimum Gasteiger partial charge on any atom is -0.394 e. The molecule has 0 amide bonds. The Morgan fingerprint density at radius 2 is 1.94 bits per heavy atom. The molecule has 5 nitrogen and oxygen atoms in total. The largest absolute Gasteiger partial charge is 0.394 e. The summed E-state index contributed by atoms with van der Waals surface area (Å²) >= 11 is 0. The average molecular weight is 243 g/mol. The van der Waals surface area contributed by atoms with Gasteiger partial charge >= 0.3 is 0 Å². The lowest BCUT2D eigenvalue weighted by Gasteiger charge is -2.10. The average Bonchev–Trinajstić information content (AvgIpc) is 2.60. The predicted octanol–water partition coefficient (Wildman–Crippen LogP) is 1.47. The van der Waals surface area contributed by atoms with E-state index in [1.165, 1.54) is 0 Å². The first-order chi connectivity index (χ1) is 7.97. The molecule has 1 atom stereocenters. The normalized spacial score (nSPS) is 11.9. The van der Waals surface area contributed by atoms with Crippen LogP contribution in [0.2, 0.25) is 0 Å². The highest BCUT2D eigenvalue weighted by Crippen LogP contribution is 2.06. The zero-order valence-electron chi connectivity index (χ0n) is 11.2. The predicted molar refractivity (Wildman–Crippen MR) is 70.0 cm³/mol. The third-order valence-corrected chi connectivity index (χ3v) is 1.71. The van der Waals surface area contributed by atoms with Gasteiger partial charge in [0.25, 0.3) is 0 Å². The number of nitrogens with one attached hydrogen (secondary N) is 1. The van der Waals surface area contributed by atoms with Gasteiger partial charge in [-0.05, 0) is 27.2 Å². The van der Waals surface area contributed by atoms with E-state index in [9.17, 15) is 5.11 Å². The van der Waals surface area contributed by atoms with E-state index in [1.807, 2.05) is 6.07 Å². The third-order valence-electron chi connectivity index (χ3n) is 1.71. The Labute approximate surface area is 103 Å². The van der Waals surface area contributed by atoms with Gasteiger partial charge in [-0.3, -0.25) is 0 Å². The van der Waals surface area contributed by atoms with Crippen molar-refractivity contribution >= 4 is 5.82 Å². The van der Waals surface area contributed by atoms with Crippen LogP contribution in [-0.2, 0) is 6.54 Å². The fraction of sp³-hybridized carbons (Fsp3) is 0.750. The SMILES string of the molecule is CC(C)O.CCCNc1ccnn1CC(C)O. The van der Waals surface area contributed by atoms with E-state index in [-0.39, 0.29) is 12.2 Å². The summed E-state index contributed by atoms with van der Waals surface area (Å²) in [6.07, 6.45) is 2.29. The maximum Gasteiger partial charge on any atom is 0.124 e. The summed E-state index contributed by atoms with van der Waals surface area (Å²) in [6, 6.07) is 1.91. The first-order valence-corrected chi connectivity index (χ1v) is 6.09. The molecule has 1 aromatic heterocycles. The maximum atomic E-state index is 9.19. The first-order valence-electron chi connectivity index (χ1n) is 6.09. The highest BCUT2D eigenvalue weighted by Gasteiger charge is 2.03. The number of hydrogen-bond donors (Lipinski definition) is 3. The van der Waals surface area contributed by atoms with Crippen molar-refractivity contribution in [3.05, 3.63) is 12.3 Å². The van der Waals surface area contributed by atoms with Gasteiger partial charge in [-0.2, -0.15) is 5.10 Å². The minimum atomic E-state index is -0.359. The second kappa shape index (κ2) is 9.01. The van der Waals surface area contributed by atoms with Crippen molar-refractivity contribution in [2.75, 3.05) is 11.9 Å². The van der Waals surface area contributed by atoms with Gasteiger partial charge in [-0.15, -0.1) is 0 Å². The topological polar surface area (TPSA) is 70.3 Å². The zero-order valence-corrected chi connectivity index (χ0v) is 11.2. The van der Waals surface area contributed by atoms with Crippen molar-refractivity contribution in [1.29, 1.82) is 0 Å². The Balaban J connectivity index is 0.000000557. The second-order valence-electron chi connectivity index (χ2n) is 4.27. The van der Waals surface area contributed by atoms with Gasteiger partial charge in [-0.1, -0.05) is 6.92 Å². The summed E-state index contributed by atoms with van der Waals surface area (Å²) in [5.74, 6) is 0.975. The Morgan fingerprint density at radius 3 is 2.41 bits per heavy atom. The smallest absolute Gasteiger partial charge is 0.124 e. The Kier molecular flexibility index (Phi) is 8.44. The highest BCUT2D eigenvalue weighted by molar-refractivity contribution is 5.33. The first kappa shape index (κ1) is 15.9. The summed E-state index contributed by atoms with van der Waals surface area (Å²) in [4.78, 5) is 0. The van der Waals surface area contributed by atoms with Crippen LogP contribution in [0.1, 0.15) is 34.1 Å². The molecule has 0 radical (unpaired) electrons. The summed E-state index contributed by atoms with van der Waals surface area (Å²) < 4.78 is 1.78. The molecule has 0 aliphatic carbocycles. The molecule has 5 heteroatoms. The molecule has 0 aliphatic rings. The summed E-state index contributed by atoms with van der Waals surface area (Å²) in [5.41, 5.74) is 0. The van der Waals surface area contributed by atoms with Crippen molar-refractivity contribution in [1.82, 2.24) is 9.78 Å². The van der Waals surface area contributed by atoms with Crippen LogP contribution < -0.4 is 5.32 Å². The number of aliphatic hydroxyl groups is 2. The number of hydrogen-bond acceptors (Lipinski definition) is 4. The van der Waals surface area contributed by atoms with Gasteiger partial charge in [0.05, 0.1) is 18.8 Å². The quantitative estimate of drug-likeness (QED) is 0.732. The molecule has 0 saturated heterocycles. The fourth-order valence-electron chi connectivity index (χ4n) is 1.13. The van der Waals surface area contributed by atoms with Crippen LogP contribution >= 0.6 is 0 Å². The highest BCUT2D eigenvalue weighted by atomic mass is 16.3. The zero-order chi connectivity index (χ0) is 13.3. The lowest BCUT2D eigenvalue weighted by molar-refractivity contribution is 0.169. The van der Waals surface area contributed by atoms with E-state index in [1.54, 1.807) is 31.6 Å². The molecule has 0 saturated carbocycles. The van der Waals surface area contributed by atoms with E-state index in [0.29, 0.717) is 6.54 Å². The number of anilines is 1. The molecule has 100 valence electrons. The molecule has 17 heavy (non-hydrogen) atoms. The van der Waals surface area contributed by atoms with Gasteiger partial charge in [0.2, 0.25) is 0 Å². The summed E-state index contributed by atoms with van der Waals surface area (Å²) in [5, 5.41) is 24.6. The number of aliphatic hydroxyl groups excluding tert-OH is 2.